The molecule has 1 aromatic rings. The van der Waals surface area contributed by atoms with Crippen LogP contribution in [0.25, 0.3) is 0 Å². The number of nitrogens with zero attached hydrogens (tertiary/aromatic N) is 1. The topological polar surface area (TPSA) is 101 Å². The molecular formula is C14H16N2O4S. The number of aliphatic hydroxyl groups excluding tert-OH is 1. The Morgan fingerprint density at radius 1 is 1.38 bits per heavy atom. The first kappa shape index (κ1) is 15.5. The van der Waals surface area contributed by atoms with Gasteiger partial charge in [0.15, 0.2) is 0 Å². The predicted octanol–water partition coefficient (Wildman–Crippen LogP) is -0.474. The summed E-state index contributed by atoms with van der Waals surface area (Å²) in [6.45, 7) is 0.175. The Balaban J connectivity index is 2.18. The molecule has 1 aliphatic heterocycles. The highest BCUT2D eigenvalue weighted by Crippen LogP contribution is 2.24. The number of primary amides is 1. The van der Waals surface area contributed by atoms with Crippen molar-refractivity contribution in [2.45, 2.75) is 11.3 Å². The van der Waals surface area contributed by atoms with Crippen LogP contribution in [-0.4, -0.2) is 43.4 Å². The highest BCUT2D eigenvalue weighted by Gasteiger charge is 2.34. The molecule has 0 radical (unpaired) electrons. The van der Waals surface area contributed by atoms with Gasteiger partial charge in [0.25, 0.3) is 0 Å². The first-order valence-corrected chi connectivity index (χ1v) is 7.88. The maximum Gasteiger partial charge on any atom is 0.243 e. The Morgan fingerprint density at radius 3 is 2.57 bits per heavy atom. The first-order valence-electron chi connectivity index (χ1n) is 6.44. The van der Waals surface area contributed by atoms with Crippen molar-refractivity contribution in [1.82, 2.24) is 4.31 Å². The standard InChI is InChI=1S/C14H16N2O4S/c15-14(18)12-7-8-16(10-12)21(19,20)13-5-3-11(4-6-13)2-1-9-17/h3-6,12,17H,7-10H2,(H2,15,18). The van der Waals surface area contributed by atoms with E-state index in [2.05, 4.69) is 11.8 Å². The molecule has 1 saturated heterocycles. The van der Waals surface area contributed by atoms with E-state index in [4.69, 9.17) is 10.8 Å². The summed E-state index contributed by atoms with van der Waals surface area (Å²) in [5.41, 5.74) is 5.84. The van der Waals surface area contributed by atoms with Crippen LogP contribution in [0.4, 0.5) is 0 Å². The van der Waals surface area contributed by atoms with Crippen molar-refractivity contribution < 1.29 is 18.3 Å². The molecular weight excluding hydrogens is 292 g/mol. The largest absolute Gasteiger partial charge is 0.384 e. The van der Waals surface area contributed by atoms with Crippen molar-refractivity contribution in [3.8, 4) is 11.8 Å². The molecule has 1 fully saturated rings. The lowest BCUT2D eigenvalue weighted by Crippen LogP contribution is -2.31. The lowest BCUT2D eigenvalue weighted by Gasteiger charge is -2.16. The van der Waals surface area contributed by atoms with E-state index in [1.807, 2.05) is 0 Å². The molecule has 6 nitrogen and oxygen atoms in total. The number of amides is 1. The zero-order valence-electron chi connectivity index (χ0n) is 11.3. The van der Waals surface area contributed by atoms with Crippen LogP contribution in [0.15, 0.2) is 29.2 Å². The third-order valence-electron chi connectivity index (χ3n) is 3.36. The fourth-order valence-electron chi connectivity index (χ4n) is 2.18. The summed E-state index contributed by atoms with van der Waals surface area (Å²) in [6.07, 6.45) is 0.453. The van der Waals surface area contributed by atoms with Crippen molar-refractivity contribution in [2.75, 3.05) is 19.7 Å². The molecule has 112 valence electrons. The Labute approximate surface area is 123 Å². The van der Waals surface area contributed by atoms with Crippen LogP contribution in [0, 0.1) is 17.8 Å². The monoisotopic (exact) mass is 308 g/mol. The van der Waals surface area contributed by atoms with Crippen LogP contribution < -0.4 is 5.73 Å². The minimum atomic E-state index is -3.61. The van der Waals surface area contributed by atoms with E-state index in [0.29, 0.717) is 18.5 Å². The summed E-state index contributed by atoms with van der Waals surface area (Å²) < 4.78 is 26.1. The first-order chi connectivity index (χ1) is 9.95. The highest BCUT2D eigenvalue weighted by atomic mass is 32.2. The number of benzene rings is 1. The lowest BCUT2D eigenvalue weighted by molar-refractivity contribution is -0.121. The quantitative estimate of drug-likeness (QED) is 0.737. The van der Waals surface area contributed by atoms with E-state index >= 15 is 0 Å². The summed E-state index contributed by atoms with van der Waals surface area (Å²) in [4.78, 5) is 11.3. The van der Waals surface area contributed by atoms with Gasteiger partial charge in [-0.3, -0.25) is 4.79 Å². The third-order valence-corrected chi connectivity index (χ3v) is 5.24. The van der Waals surface area contributed by atoms with E-state index < -0.39 is 21.8 Å². The summed E-state index contributed by atoms with van der Waals surface area (Å²) in [7, 11) is -3.61. The van der Waals surface area contributed by atoms with Crippen LogP contribution in [0.2, 0.25) is 0 Å². The molecule has 1 aromatic carbocycles. The molecule has 1 amide bonds. The van der Waals surface area contributed by atoms with Gasteiger partial charge in [-0.05, 0) is 30.7 Å². The van der Waals surface area contributed by atoms with E-state index in [0.717, 1.165) is 0 Å². The molecule has 0 spiro atoms. The number of sulfonamides is 1. The number of carbonyl (C=O) groups excluding carboxylic acids is 1. The Morgan fingerprint density at radius 2 is 2.05 bits per heavy atom. The van der Waals surface area contributed by atoms with Gasteiger partial charge in [0.1, 0.15) is 6.61 Å². The minimum absolute atomic E-state index is 0.129. The van der Waals surface area contributed by atoms with Gasteiger partial charge in [-0.2, -0.15) is 4.31 Å². The fraction of sp³-hybridized carbons (Fsp3) is 0.357. The van der Waals surface area contributed by atoms with Crippen LogP contribution in [0.1, 0.15) is 12.0 Å². The second-order valence-corrected chi connectivity index (χ2v) is 6.67. The molecule has 1 heterocycles. The molecule has 3 N–H and O–H groups in total. The average Bonchev–Trinajstić information content (AvgIpc) is 2.96. The molecule has 1 unspecified atom stereocenters. The molecule has 0 aliphatic carbocycles. The maximum absolute atomic E-state index is 12.4. The second kappa shape index (κ2) is 6.26. The molecule has 0 bridgehead atoms. The SMILES string of the molecule is NC(=O)C1CCN(S(=O)(=O)c2ccc(C#CCO)cc2)C1. The Bertz CT molecular complexity index is 686. The number of rotatable bonds is 3. The van der Waals surface area contributed by atoms with E-state index in [9.17, 15) is 13.2 Å². The fourth-order valence-corrected chi connectivity index (χ4v) is 3.68. The van der Waals surface area contributed by atoms with Crippen molar-refractivity contribution in [3.63, 3.8) is 0 Å². The molecule has 1 aliphatic rings. The zero-order valence-corrected chi connectivity index (χ0v) is 12.1. The number of nitrogens with two attached hydrogens (primary N) is 1. The second-order valence-electron chi connectivity index (χ2n) is 4.74. The van der Waals surface area contributed by atoms with Gasteiger partial charge in [-0.15, -0.1) is 0 Å². The van der Waals surface area contributed by atoms with Crippen molar-refractivity contribution in [1.29, 1.82) is 0 Å². The van der Waals surface area contributed by atoms with Crippen LogP contribution in [0.5, 0.6) is 0 Å². The Kier molecular flexibility index (Phi) is 4.63. The summed E-state index contributed by atoms with van der Waals surface area (Å²) in [5.74, 6) is 4.29. The van der Waals surface area contributed by atoms with E-state index in [1.54, 1.807) is 12.1 Å². The van der Waals surface area contributed by atoms with Crippen molar-refractivity contribution >= 4 is 15.9 Å². The normalized spacial score (nSPS) is 19.0. The van der Waals surface area contributed by atoms with Crippen LogP contribution in [-0.2, 0) is 14.8 Å². The number of carbonyl (C=O) groups is 1. The number of aliphatic hydroxyl groups is 1. The highest BCUT2D eigenvalue weighted by molar-refractivity contribution is 7.89. The van der Waals surface area contributed by atoms with Crippen LogP contribution in [0.3, 0.4) is 0 Å². The molecule has 21 heavy (non-hydrogen) atoms. The number of hydrogen-bond acceptors (Lipinski definition) is 4. The average molecular weight is 308 g/mol. The molecule has 0 aromatic heterocycles. The van der Waals surface area contributed by atoms with E-state index in [1.165, 1.54) is 16.4 Å². The van der Waals surface area contributed by atoms with E-state index in [-0.39, 0.29) is 18.0 Å². The molecule has 7 heteroatoms. The molecule has 2 rings (SSSR count). The maximum atomic E-state index is 12.4. The zero-order chi connectivity index (χ0) is 15.5. The summed E-state index contributed by atoms with van der Waals surface area (Å²) in [5, 5.41) is 8.61. The summed E-state index contributed by atoms with van der Waals surface area (Å²) in [6, 6.07) is 6.09. The van der Waals surface area contributed by atoms with Gasteiger partial charge >= 0.3 is 0 Å². The minimum Gasteiger partial charge on any atom is -0.384 e. The number of hydrogen-bond donors (Lipinski definition) is 2. The van der Waals surface area contributed by atoms with Gasteiger partial charge in [0.05, 0.1) is 10.8 Å². The van der Waals surface area contributed by atoms with Gasteiger partial charge < -0.3 is 10.8 Å². The van der Waals surface area contributed by atoms with Gasteiger partial charge in [-0.25, -0.2) is 8.42 Å². The smallest absolute Gasteiger partial charge is 0.243 e. The molecule has 0 saturated carbocycles. The predicted molar refractivity (Wildman–Crippen MR) is 76.5 cm³/mol. The van der Waals surface area contributed by atoms with Crippen molar-refractivity contribution in [2.24, 2.45) is 11.7 Å². The van der Waals surface area contributed by atoms with Gasteiger partial charge in [0.2, 0.25) is 15.9 Å². The lowest BCUT2D eigenvalue weighted by atomic mass is 10.1. The molecule has 1 atom stereocenters. The Hall–Kier alpha value is -1.88. The summed E-state index contributed by atoms with van der Waals surface area (Å²) >= 11 is 0. The van der Waals surface area contributed by atoms with Gasteiger partial charge in [0, 0.05) is 18.7 Å². The van der Waals surface area contributed by atoms with Gasteiger partial charge in [-0.1, -0.05) is 11.8 Å². The third kappa shape index (κ3) is 3.42. The van der Waals surface area contributed by atoms with Crippen molar-refractivity contribution in [3.05, 3.63) is 29.8 Å². The van der Waals surface area contributed by atoms with Crippen LogP contribution >= 0.6 is 0 Å².